The standard InChI is InChI=1S/C42H29NO/c1-2-9-30(10-3-1)32-17-22-38(23-18-32)43(40-26-21-31-11-4-5-12-35(31)28-40)39-24-19-33(20-25-39)34-14-8-15-36(27-34)42-29-37-13-6-7-16-41(37)44-42/h1-29H. The summed E-state index contributed by atoms with van der Waals surface area (Å²) in [7, 11) is 0. The molecule has 0 saturated heterocycles. The molecule has 208 valence electrons. The second-order valence-corrected chi connectivity index (χ2v) is 11.1. The summed E-state index contributed by atoms with van der Waals surface area (Å²) in [5, 5.41) is 3.56. The highest BCUT2D eigenvalue weighted by Crippen LogP contribution is 2.38. The van der Waals surface area contributed by atoms with Crippen LogP contribution in [0.3, 0.4) is 0 Å². The van der Waals surface area contributed by atoms with Crippen LogP contribution in [-0.2, 0) is 0 Å². The molecule has 2 nitrogen and oxygen atoms in total. The maximum atomic E-state index is 6.15. The largest absolute Gasteiger partial charge is 0.456 e. The van der Waals surface area contributed by atoms with Crippen molar-refractivity contribution in [2.24, 2.45) is 0 Å². The van der Waals surface area contributed by atoms with E-state index < -0.39 is 0 Å². The minimum Gasteiger partial charge on any atom is -0.456 e. The van der Waals surface area contributed by atoms with Crippen molar-refractivity contribution in [3.05, 3.63) is 176 Å². The molecule has 8 rings (SSSR count). The Labute approximate surface area is 257 Å². The Balaban J connectivity index is 1.16. The summed E-state index contributed by atoms with van der Waals surface area (Å²) in [5.74, 6) is 0.881. The van der Waals surface area contributed by atoms with Gasteiger partial charge in [-0.1, -0.05) is 121 Å². The summed E-state index contributed by atoms with van der Waals surface area (Å²) in [6.45, 7) is 0. The lowest BCUT2D eigenvalue weighted by atomic mass is 10.0. The Hall–Kier alpha value is -5.86. The van der Waals surface area contributed by atoms with E-state index >= 15 is 0 Å². The van der Waals surface area contributed by atoms with Crippen LogP contribution in [0, 0.1) is 0 Å². The normalized spacial score (nSPS) is 11.2. The van der Waals surface area contributed by atoms with Crippen LogP contribution in [-0.4, -0.2) is 0 Å². The quantitative estimate of drug-likeness (QED) is 0.200. The third-order valence-electron chi connectivity index (χ3n) is 8.26. The molecule has 0 amide bonds. The van der Waals surface area contributed by atoms with Gasteiger partial charge in [-0.2, -0.15) is 0 Å². The molecule has 44 heavy (non-hydrogen) atoms. The molecular weight excluding hydrogens is 534 g/mol. The summed E-state index contributed by atoms with van der Waals surface area (Å²) >= 11 is 0. The number of hydrogen-bond donors (Lipinski definition) is 0. The number of nitrogens with zero attached hydrogens (tertiary/aromatic N) is 1. The molecule has 1 heterocycles. The molecule has 0 N–H and O–H groups in total. The third-order valence-corrected chi connectivity index (χ3v) is 8.26. The third kappa shape index (κ3) is 4.93. The van der Waals surface area contributed by atoms with Crippen molar-refractivity contribution in [1.82, 2.24) is 0 Å². The monoisotopic (exact) mass is 563 g/mol. The van der Waals surface area contributed by atoms with Crippen molar-refractivity contribution in [3.8, 4) is 33.6 Å². The fourth-order valence-corrected chi connectivity index (χ4v) is 5.98. The zero-order valence-corrected chi connectivity index (χ0v) is 24.1. The first-order chi connectivity index (χ1) is 21.8. The minimum absolute atomic E-state index is 0.881. The van der Waals surface area contributed by atoms with Crippen LogP contribution in [0.15, 0.2) is 180 Å². The average Bonchev–Trinajstić information content (AvgIpc) is 3.54. The van der Waals surface area contributed by atoms with E-state index in [0.717, 1.165) is 50.5 Å². The number of furan rings is 1. The maximum Gasteiger partial charge on any atom is 0.135 e. The van der Waals surface area contributed by atoms with Gasteiger partial charge in [-0.3, -0.25) is 0 Å². The van der Waals surface area contributed by atoms with Crippen LogP contribution in [0.5, 0.6) is 0 Å². The Morgan fingerprint density at radius 2 is 0.864 bits per heavy atom. The number of para-hydroxylation sites is 1. The molecule has 2 heteroatoms. The molecule has 0 aliphatic heterocycles. The first-order valence-electron chi connectivity index (χ1n) is 14.9. The summed E-state index contributed by atoms with van der Waals surface area (Å²) in [6.07, 6.45) is 0. The molecule has 0 spiro atoms. The van der Waals surface area contributed by atoms with Gasteiger partial charge in [0.25, 0.3) is 0 Å². The second-order valence-electron chi connectivity index (χ2n) is 11.1. The van der Waals surface area contributed by atoms with E-state index in [1.54, 1.807) is 0 Å². The van der Waals surface area contributed by atoms with E-state index in [-0.39, 0.29) is 0 Å². The first-order valence-corrected chi connectivity index (χ1v) is 14.9. The van der Waals surface area contributed by atoms with Crippen LogP contribution < -0.4 is 4.90 Å². The minimum atomic E-state index is 0.881. The number of anilines is 3. The smallest absolute Gasteiger partial charge is 0.135 e. The molecule has 0 unspecified atom stereocenters. The summed E-state index contributed by atoms with van der Waals surface area (Å²) < 4.78 is 6.15. The van der Waals surface area contributed by atoms with Crippen LogP contribution in [0.2, 0.25) is 0 Å². The summed E-state index contributed by atoms with van der Waals surface area (Å²) in [5.41, 5.74) is 10.0. The predicted molar refractivity (Wildman–Crippen MR) is 185 cm³/mol. The topological polar surface area (TPSA) is 16.4 Å². The van der Waals surface area contributed by atoms with Crippen molar-refractivity contribution in [2.75, 3.05) is 4.90 Å². The number of hydrogen-bond acceptors (Lipinski definition) is 2. The van der Waals surface area contributed by atoms with Crippen LogP contribution in [0.1, 0.15) is 0 Å². The summed E-state index contributed by atoms with van der Waals surface area (Å²) in [6, 6.07) is 62.2. The van der Waals surface area contributed by atoms with E-state index in [9.17, 15) is 0 Å². The molecule has 0 atom stereocenters. The zero-order chi connectivity index (χ0) is 29.3. The Kier molecular flexibility index (Phi) is 6.51. The lowest BCUT2D eigenvalue weighted by molar-refractivity contribution is 0.631. The van der Waals surface area contributed by atoms with E-state index in [0.29, 0.717) is 0 Å². The van der Waals surface area contributed by atoms with Gasteiger partial charge in [0.05, 0.1) is 0 Å². The van der Waals surface area contributed by atoms with Gasteiger partial charge in [-0.05, 0) is 87.6 Å². The van der Waals surface area contributed by atoms with E-state index in [4.69, 9.17) is 4.42 Å². The molecule has 8 aromatic rings. The van der Waals surface area contributed by atoms with Gasteiger partial charge in [-0.25, -0.2) is 0 Å². The van der Waals surface area contributed by atoms with Gasteiger partial charge in [0, 0.05) is 28.0 Å². The Morgan fingerprint density at radius 1 is 0.318 bits per heavy atom. The fourth-order valence-electron chi connectivity index (χ4n) is 5.98. The average molecular weight is 564 g/mol. The van der Waals surface area contributed by atoms with Gasteiger partial charge < -0.3 is 9.32 Å². The van der Waals surface area contributed by atoms with Crippen LogP contribution >= 0.6 is 0 Å². The highest BCUT2D eigenvalue weighted by atomic mass is 16.3. The second kappa shape index (κ2) is 11.1. The molecule has 7 aromatic carbocycles. The number of benzene rings is 7. The highest BCUT2D eigenvalue weighted by Gasteiger charge is 2.14. The molecule has 1 aromatic heterocycles. The first kappa shape index (κ1) is 25.8. The predicted octanol–water partition coefficient (Wildman–Crippen LogP) is 12.1. The van der Waals surface area contributed by atoms with E-state index in [1.807, 2.05) is 18.2 Å². The zero-order valence-electron chi connectivity index (χ0n) is 24.1. The van der Waals surface area contributed by atoms with Crippen molar-refractivity contribution < 1.29 is 4.42 Å². The van der Waals surface area contributed by atoms with Gasteiger partial charge in [-0.15, -0.1) is 0 Å². The molecular formula is C42H29NO. The number of fused-ring (bicyclic) bond motifs is 2. The fraction of sp³-hybridized carbons (Fsp3) is 0. The van der Waals surface area contributed by atoms with Crippen molar-refractivity contribution in [3.63, 3.8) is 0 Å². The van der Waals surface area contributed by atoms with Gasteiger partial charge in [0.15, 0.2) is 0 Å². The van der Waals surface area contributed by atoms with Crippen LogP contribution in [0.25, 0.3) is 55.3 Å². The van der Waals surface area contributed by atoms with Gasteiger partial charge >= 0.3 is 0 Å². The lowest BCUT2D eigenvalue weighted by Crippen LogP contribution is -2.09. The highest BCUT2D eigenvalue weighted by molar-refractivity contribution is 5.90. The molecule has 0 aliphatic carbocycles. The maximum absolute atomic E-state index is 6.15. The molecule has 0 fully saturated rings. The van der Waals surface area contributed by atoms with E-state index in [2.05, 4.69) is 163 Å². The molecule has 0 aliphatic rings. The summed E-state index contributed by atoms with van der Waals surface area (Å²) in [4.78, 5) is 2.33. The van der Waals surface area contributed by atoms with Crippen molar-refractivity contribution in [1.29, 1.82) is 0 Å². The Bertz CT molecular complexity index is 2180. The SMILES string of the molecule is c1ccc(-c2ccc(N(c3ccc(-c4cccc(-c5cc6ccccc6o5)c4)cc3)c3ccc4ccccc4c3)cc2)cc1. The van der Waals surface area contributed by atoms with Crippen molar-refractivity contribution in [2.45, 2.75) is 0 Å². The van der Waals surface area contributed by atoms with Gasteiger partial charge in [0.2, 0.25) is 0 Å². The lowest BCUT2D eigenvalue weighted by Gasteiger charge is -2.26. The van der Waals surface area contributed by atoms with Gasteiger partial charge in [0.1, 0.15) is 11.3 Å². The van der Waals surface area contributed by atoms with E-state index in [1.165, 1.54) is 21.9 Å². The Morgan fingerprint density at radius 3 is 1.59 bits per heavy atom. The van der Waals surface area contributed by atoms with Crippen LogP contribution in [0.4, 0.5) is 17.1 Å². The molecule has 0 radical (unpaired) electrons. The molecule has 0 bridgehead atoms. The molecule has 0 saturated carbocycles. The van der Waals surface area contributed by atoms with Crippen molar-refractivity contribution >= 4 is 38.8 Å². The number of rotatable bonds is 6.